The summed E-state index contributed by atoms with van der Waals surface area (Å²) in [5.41, 5.74) is 5.69. The van der Waals surface area contributed by atoms with Gasteiger partial charge in [0, 0.05) is 12.8 Å². The molecule has 21 heavy (non-hydrogen) atoms. The van der Waals surface area contributed by atoms with Crippen molar-refractivity contribution >= 4 is 15.8 Å². The van der Waals surface area contributed by atoms with Gasteiger partial charge in [-0.15, -0.1) is 0 Å². The van der Waals surface area contributed by atoms with Gasteiger partial charge in [-0.25, -0.2) is 8.42 Å². The number of nitrogens with zero attached hydrogens (tertiary/aromatic N) is 1. The molecule has 0 bridgehead atoms. The number of guanidine groups is 1. The van der Waals surface area contributed by atoms with Crippen LogP contribution in [-0.2, 0) is 9.84 Å². The van der Waals surface area contributed by atoms with Crippen LogP contribution in [0.25, 0.3) is 0 Å². The van der Waals surface area contributed by atoms with Gasteiger partial charge in [0.25, 0.3) is 0 Å². The van der Waals surface area contributed by atoms with Gasteiger partial charge >= 0.3 is 0 Å². The normalized spacial score (nSPS) is 12.5. The zero-order valence-electron chi connectivity index (χ0n) is 12.7. The van der Waals surface area contributed by atoms with Crippen molar-refractivity contribution in [2.45, 2.75) is 18.7 Å². The molecule has 118 valence electrons. The molecule has 7 heteroatoms. The van der Waals surface area contributed by atoms with E-state index < -0.39 is 9.84 Å². The fourth-order valence-electron chi connectivity index (χ4n) is 1.47. The fourth-order valence-corrected chi connectivity index (χ4v) is 2.10. The minimum absolute atomic E-state index is 0.276. The number of hydrogen-bond donors (Lipinski definition) is 2. The molecule has 0 saturated heterocycles. The van der Waals surface area contributed by atoms with Gasteiger partial charge in [0.2, 0.25) is 0 Å². The Kier molecular flexibility index (Phi) is 6.48. The van der Waals surface area contributed by atoms with Crippen LogP contribution >= 0.6 is 0 Å². The Morgan fingerprint density at radius 3 is 2.48 bits per heavy atom. The minimum atomic E-state index is -3.17. The Labute approximate surface area is 126 Å². The largest absolute Gasteiger partial charge is 0.492 e. The lowest BCUT2D eigenvalue weighted by atomic mass is 10.2. The molecular weight excluding hydrogens is 290 g/mol. The summed E-state index contributed by atoms with van der Waals surface area (Å²) in [6.45, 7) is 5.77. The Bertz CT molecular complexity index is 566. The lowest BCUT2D eigenvalue weighted by molar-refractivity contribution is 0.322. The van der Waals surface area contributed by atoms with Crippen molar-refractivity contribution in [3.05, 3.63) is 24.3 Å². The van der Waals surface area contributed by atoms with Gasteiger partial charge in [0.05, 0.1) is 11.4 Å². The van der Waals surface area contributed by atoms with Gasteiger partial charge in [-0.1, -0.05) is 13.8 Å². The first-order valence-corrected chi connectivity index (χ1v) is 8.65. The van der Waals surface area contributed by atoms with Crippen molar-refractivity contribution in [3.63, 3.8) is 0 Å². The summed E-state index contributed by atoms with van der Waals surface area (Å²) >= 11 is 0. The first-order chi connectivity index (χ1) is 9.79. The van der Waals surface area contributed by atoms with E-state index in [0.717, 1.165) is 0 Å². The van der Waals surface area contributed by atoms with Gasteiger partial charge in [0.15, 0.2) is 15.8 Å². The average Bonchev–Trinajstić information content (AvgIpc) is 2.41. The number of nitrogens with one attached hydrogen (secondary N) is 1. The lowest BCUT2D eigenvalue weighted by Gasteiger charge is -2.09. The SMILES string of the molecule is CC(C)CN=C(N)NCCOc1ccc(S(C)(=O)=O)cc1. The van der Waals surface area contributed by atoms with Crippen LogP contribution < -0.4 is 15.8 Å². The maximum Gasteiger partial charge on any atom is 0.188 e. The molecule has 0 heterocycles. The minimum Gasteiger partial charge on any atom is -0.492 e. The molecular formula is C14H23N3O3S. The van der Waals surface area contributed by atoms with E-state index >= 15 is 0 Å². The van der Waals surface area contributed by atoms with Crippen LogP contribution in [-0.4, -0.2) is 40.3 Å². The van der Waals surface area contributed by atoms with Gasteiger partial charge < -0.3 is 15.8 Å². The summed E-state index contributed by atoms with van der Waals surface area (Å²) in [7, 11) is -3.17. The molecule has 0 unspecified atom stereocenters. The van der Waals surface area contributed by atoms with Crippen molar-refractivity contribution < 1.29 is 13.2 Å². The van der Waals surface area contributed by atoms with E-state index in [1.165, 1.54) is 18.4 Å². The summed E-state index contributed by atoms with van der Waals surface area (Å²) in [6.07, 6.45) is 1.17. The quantitative estimate of drug-likeness (QED) is 0.445. The molecule has 0 radical (unpaired) electrons. The second kappa shape index (κ2) is 7.87. The van der Waals surface area contributed by atoms with Crippen LogP contribution in [0.1, 0.15) is 13.8 Å². The summed E-state index contributed by atoms with van der Waals surface area (Å²) in [6, 6.07) is 6.31. The Hall–Kier alpha value is -1.76. The first kappa shape index (κ1) is 17.3. The van der Waals surface area contributed by atoms with Crippen molar-refractivity contribution in [2.75, 3.05) is 26.0 Å². The van der Waals surface area contributed by atoms with E-state index in [-0.39, 0.29) is 4.90 Å². The molecule has 0 saturated carbocycles. The van der Waals surface area contributed by atoms with Crippen LogP contribution in [0.2, 0.25) is 0 Å². The van der Waals surface area contributed by atoms with E-state index in [2.05, 4.69) is 24.2 Å². The molecule has 1 aromatic carbocycles. The third-order valence-electron chi connectivity index (χ3n) is 2.56. The Balaban J connectivity index is 2.35. The molecule has 0 aromatic heterocycles. The first-order valence-electron chi connectivity index (χ1n) is 6.75. The zero-order chi connectivity index (χ0) is 15.9. The van der Waals surface area contributed by atoms with Gasteiger partial charge in [0.1, 0.15) is 12.4 Å². The van der Waals surface area contributed by atoms with E-state index in [9.17, 15) is 8.42 Å². The molecule has 0 aliphatic carbocycles. The topological polar surface area (TPSA) is 93.8 Å². The van der Waals surface area contributed by atoms with Crippen LogP contribution in [0, 0.1) is 5.92 Å². The van der Waals surface area contributed by atoms with Crippen molar-refractivity contribution in [3.8, 4) is 5.75 Å². The second-order valence-corrected chi connectivity index (χ2v) is 7.15. The monoisotopic (exact) mass is 313 g/mol. The predicted octanol–water partition coefficient (Wildman–Crippen LogP) is 1.03. The highest BCUT2D eigenvalue weighted by Crippen LogP contribution is 2.15. The number of nitrogens with two attached hydrogens (primary N) is 1. The standard InChI is InChI=1S/C14H23N3O3S/c1-11(2)10-17-14(15)16-8-9-20-12-4-6-13(7-5-12)21(3,18)19/h4-7,11H,8-10H2,1-3H3,(H3,15,16,17). The third kappa shape index (κ3) is 6.99. The van der Waals surface area contributed by atoms with Crippen molar-refractivity contribution in [1.29, 1.82) is 0 Å². The molecule has 0 atom stereocenters. The molecule has 0 aliphatic rings. The molecule has 3 N–H and O–H groups in total. The maximum absolute atomic E-state index is 11.3. The number of ether oxygens (including phenoxy) is 1. The molecule has 1 rings (SSSR count). The maximum atomic E-state index is 11.3. The van der Waals surface area contributed by atoms with Crippen molar-refractivity contribution in [1.82, 2.24) is 5.32 Å². The molecule has 6 nitrogen and oxygen atoms in total. The number of aliphatic imine (C=N–C) groups is 1. The van der Waals surface area contributed by atoms with Gasteiger partial charge in [-0.3, -0.25) is 4.99 Å². The van der Waals surface area contributed by atoms with Crippen LogP contribution in [0.4, 0.5) is 0 Å². The van der Waals surface area contributed by atoms with Gasteiger partial charge in [-0.2, -0.15) is 0 Å². The van der Waals surface area contributed by atoms with E-state index in [0.29, 0.717) is 37.3 Å². The number of rotatable bonds is 7. The average molecular weight is 313 g/mol. The molecule has 0 aliphatic heterocycles. The van der Waals surface area contributed by atoms with E-state index in [4.69, 9.17) is 10.5 Å². The van der Waals surface area contributed by atoms with Crippen LogP contribution in [0.3, 0.4) is 0 Å². The molecule has 1 aromatic rings. The molecule has 0 amide bonds. The third-order valence-corrected chi connectivity index (χ3v) is 3.68. The summed E-state index contributed by atoms with van der Waals surface area (Å²) in [4.78, 5) is 4.44. The number of hydrogen-bond acceptors (Lipinski definition) is 4. The summed E-state index contributed by atoms with van der Waals surface area (Å²) in [5, 5.41) is 2.95. The highest BCUT2D eigenvalue weighted by molar-refractivity contribution is 7.90. The van der Waals surface area contributed by atoms with Crippen LogP contribution in [0.5, 0.6) is 5.75 Å². The van der Waals surface area contributed by atoms with Crippen LogP contribution in [0.15, 0.2) is 34.2 Å². The number of sulfone groups is 1. The fraction of sp³-hybridized carbons (Fsp3) is 0.500. The highest BCUT2D eigenvalue weighted by atomic mass is 32.2. The Morgan fingerprint density at radius 2 is 1.95 bits per heavy atom. The number of benzene rings is 1. The highest BCUT2D eigenvalue weighted by Gasteiger charge is 2.06. The van der Waals surface area contributed by atoms with E-state index in [1.54, 1.807) is 12.1 Å². The Morgan fingerprint density at radius 1 is 1.33 bits per heavy atom. The van der Waals surface area contributed by atoms with Crippen molar-refractivity contribution in [2.24, 2.45) is 16.6 Å². The lowest BCUT2D eigenvalue weighted by Crippen LogP contribution is -2.35. The zero-order valence-corrected chi connectivity index (χ0v) is 13.5. The van der Waals surface area contributed by atoms with E-state index in [1.807, 2.05) is 0 Å². The molecule has 0 spiro atoms. The molecule has 0 fully saturated rings. The van der Waals surface area contributed by atoms with Gasteiger partial charge in [-0.05, 0) is 30.2 Å². The summed E-state index contributed by atoms with van der Waals surface area (Å²) < 4.78 is 28.1. The summed E-state index contributed by atoms with van der Waals surface area (Å²) in [5.74, 6) is 1.48. The predicted molar refractivity (Wildman–Crippen MR) is 84.4 cm³/mol. The second-order valence-electron chi connectivity index (χ2n) is 5.14. The smallest absolute Gasteiger partial charge is 0.188 e.